The smallest absolute Gasteiger partial charge is 0.183 e. The molecule has 0 radical (unpaired) electrons. The van der Waals surface area contributed by atoms with Gasteiger partial charge in [-0.2, -0.15) is 0 Å². The van der Waals surface area contributed by atoms with Gasteiger partial charge in [0.15, 0.2) is 17.2 Å². The number of hydrogen-bond acceptors (Lipinski definition) is 2. The van der Waals surface area contributed by atoms with Crippen LogP contribution in [0.2, 0.25) is 0 Å². The average molecular weight is 361 g/mol. The van der Waals surface area contributed by atoms with Crippen LogP contribution in [0, 0.1) is 0 Å². The molecular formula is C23H38NO2+. The summed E-state index contributed by atoms with van der Waals surface area (Å²) < 4.78 is 13.4. The summed E-state index contributed by atoms with van der Waals surface area (Å²) in [7, 11) is 5.66. The summed E-state index contributed by atoms with van der Waals surface area (Å²) in [4.78, 5) is 0. The lowest BCUT2D eigenvalue weighted by molar-refractivity contribution is -0.499. The molecule has 1 heterocycles. The highest BCUT2D eigenvalue weighted by Gasteiger charge is 2.25. The number of benzene rings is 1. The fraction of sp³-hybridized carbons (Fsp3) is 0.696. The van der Waals surface area contributed by atoms with Crippen LogP contribution in [0.1, 0.15) is 82.3 Å². The van der Waals surface area contributed by atoms with Gasteiger partial charge in [-0.3, -0.25) is 0 Å². The quantitative estimate of drug-likeness (QED) is 0.357. The normalized spacial score (nSPS) is 13.7. The van der Waals surface area contributed by atoms with E-state index in [-0.39, 0.29) is 0 Å². The van der Waals surface area contributed by atoms with Gasteiger partial charge in [-0.1, -0.05) is 58.3 Å². The molecule has 0 N–H and O–H groups in total. The van der Waals surface area contributed by atoms with Crippen LogP contribution in [0.15, 0.2) is 12.1 Å². The van der Waals surface area contributed by atoms with E-state index in [4.69, 9.17) is 9.47 Å². The van der Waals surface area contributed by atoms with E-state index in [1.807, 2.05) is 0 Å². The predicted octanol–water partition coefficient (Wildman–Crippen LogP) is 5.61. The molecule has 0 saturated heterocycles. The summed E-state index contributed by atoms with van der Waals surface area (Å²) in [5.41, 5.74) is 4.22. The minimum atomic E-state index is 0.839. The Balaban J connectivity index is 1.86. The third-order valence-corrected chi connectivity index (χ3v) is 5.61. The fourth-order valence-electron chi connectivity index (χ4n) is 3.95. The second-order valence-corrected chi connectivity index (χ2v) is 7.56. The Morgan fingerprint density at radius 2 is 1.42 bits per heavy atom. The van der Waals surface area contributed by atoms with Gasteiger partial charge in [0.05, 0.1) is 14.2 Å². The van der Waals surface area contributed by atoms with Crippen molar-refractivity contribution in [3.8, 4) is 11.5 Å². The molecule has 1 aromatic carbocycles. The van der Waals surface area contributed by atoms with Crippen LogP contribution in [-0.2, 0) is 6.42 Å². The number of methoxy groups -OCH3 is 2. The van der Waals surface area contributed by atoms with Crippen LogP contribution in [0.3, 0.4) is 0 Å². The lowest BCUT2D eigenvalue weighted by Gasteiger charge is -2.19. The highest BCUT2D eigenvalue weighted by molar-refractivity contribution is 5.99. The zero-order valence-corrected chi connectivity index (χ0v) is 17.4. The van der Waals surface area contributed by atoms with Crippen molar-refractivity contribution in [1.82, 2.24) is 0 Å². The van der Waals surface area contributed by atoms with Crippen LogP contribution in [-0.4, -0.2) is 38.1 Å². The van der Waals surface area contributed by atoms with Crippen molar-refractivity contribution in [2.45, 2.75) is 77.6 Å². The van der Waals surface area contributed by atoms with E-state index in [1.54, 1.807) is 14.2 Å². The van der Waals surface area contributed by atoms with Gasteiger partial charge in [-0.15, -0.1) is 0 Å². The second kappa shape index (κ2) is 11.3. The molecule has 1 aliphatic heterocycles. The van der Waals surface area contributed by atoms with Gasteiger partial charge in [0.2, 0.25) is 0 Å². The van der Waals surface area contributed by atoms with Crippen LogP contribution in [0.25, 0.3) is 0 Å². The maximum Gasteiger partial charge on any atom is 0.183 e. The Kier molecular flexibility index (Phi) is 9.00. The predicted molar refractivity (Wildman–Crippen MR) is 110 cm³/mol. The number of rotatable bonds is 12. The van der Waals surface area contributed by atoms with Crippen molar-refractivity contribution in [3.63, 3.8) is 0 Å². The van der Waals surface area contributed by atoms with E-state index < -0.39 is 0 Å². The molecule has 146 valence electrons. The zero-order chi connectivity index (χ0) is 18.8. The summed E-state index contributed by atoms with van der Waals surface area (Å²) in [6, 6.07) is 4.34. The standard InChI is InChI=1S/C23H38NO2/c1-5-6-7-8-9-10-11-12-13-14-21-20-18-23(26-4)22(25-3)17-19(20)15-16-24(21)2/h17-18H,5-16H2,1-4H3/q+1. The molecule has 26 heavy (non-hydrogen) atoms. The Morgan fingerprint density at radius 1 is 0.846 bits per heavy atom. The van der Waals surface area contributed by atoms with Gasteiger partial charge in [-0.05, 0) is 24.1 Å². The molecule has 0 atom stereocenters. The molecule has 3 nitrogen and oxygen atoms in total. The van der Waals surface area contributed by atoms with Crippen molar-refractivity contribution >= 4 is 5.71 Å². The molecule has 0 unspecified atom stereocenters. The number of nitrogens with zero attached hydrogens (tertiary/aromatic N) is 1. The Morgan fingerprint density at radius 3 is 2.04 bits per heavy atom. The lowest BCUT2D eigenvalue weighted by Crippen LogP contribution is -2.27. The third-order valence-electron chi connectivity index (χ3n) is 5.61. The molecule has 0 aliphatic carbocycles. The van der Waals surface area contributed by atoms with Crippen molar-refractivity contribution in [2.75, 3.05) is 27.8 Å². The Hall–Kier alpha value is -1.51. The van der Waals surface area contributed by atoms with Crippen molar-refractivity contribution in [2.24, 2.45) is 0 Å². The molecule has 1 aromatic rings. The zero-order valence-electron chi connectivity index (χ0n) is 17.4. The first kappa shape index (κ1) is 20.8. The monoisotopic (exact) mass is 360 g/mol. The second-order valence-electron chi connectivity index (χ2n) is 7.56. The highest BCUT2D eigenvalue weighted by atomic mass is 16.5. The number of ether oxygens (including phenoxy) is 2. The summed E-state index contributed by atoms with van der Waals surface area (Å²) in [5, 5.41) is 0. The van der Waals surface area contributed by atoms with Gasteiger partial charge in [-0.25, -0.2) is 4.58 Å². The summed E-state index contributed by atoms with van der Waals surface area (Å²) >= 11 is 0. The molecule has 0 saturated carbocycles. The lowest BCUT2D eigenvalue weighted by atomic mass is 9.93. The Labute approximate surface area is 160 Å². The van der Waals surface area contributed by atoms with E-state index in [0.29, 0.717) is 0 Å². The van der Waals surface area contributed by atoms with Crippen LogP contribution < -0.4 is 9.47 Å². The van der Waals surface area contributed by atoms with E-state index >= 15 is 0 Å². The first-order chi connectivity index (χ1) is 12.7. The Bertz CT molecular complexity index is 592. The SMILES string of the molecule is CCCCCCCCCCCC1=[N+](C)CCc2cc(OC)c(OC)cc21. The fourth-order valence-corrected chi connectivity index (χ4v) is 3.95. The summed E-state index contributed by atoms with van der Waals surface area (Å²) in [6.45, 7) is 3.37. The van der Waals surface area contributed by atoms with Crippen LogP contribution >= 0.6 is 0 Å². The first-order valence-corrected chi connectivity index (χ1v) is 10.5. The largest absolute Gasteiger partial charge is 0.493 e. The number of hydrogen-bond donors (Lipinski definition) is 0. The molecule has 3 heteroatoms. The first-order valence-electron chi connectivity index (χ1n) is 10.5. The molecule has 0 fully saturated rings. The van der Waals surface area contributed by atoms with Gasteiger partial charge < -0.3 is 9.47 Å². The minimum Gasteiger partial charge on any atom is -0.493 e. The van der Waals surface area contributed by atoms with E-state index in [0.717, 1.165) is 30.9 Å². The number of unbranched alkanes of at least 4 members (excludes halogenated alkanes) is 8. The van der Waals surface area contributed by atoms with Crippen molar-refractivity contribution in [3.05, 3.63) is 23.3 Å². The molecule has 2 rings (SSSR count). The summed E-state index contributed by atoms with van der Waals surface area (Å²) in [5.74, 6) is 1.68. The highest BCUT2D eigenvalue weighted by Crippen LogP contribution is 2.33. The third kappa shape index (κ3) is 5.75. The van der Waals surface area contributed by atoms with Gasteiger partial charge >= 0.3 is 0 Å². The maximum atomic E-state index is 5.53. The number of likely N-dealkylation sites (N-methyl/N-ethyl adjacent to an activating group) is 1. The van der Waals surface area contributed by atoms with E-state index in [9.17, 15) is 0 Å². The molecule has 0 spiro atoms. The molecule has 0 aromatic heterocycles. The molecule has 0 amide bonds. The van der Waals surface area contributed by atoms with Gasteiger partial charge in [0.25, 0.3) is 0 Å². The molecule has 0 bridgehead atoms. The molecular weight excluding hydrogens is 322 g/mol. The van der Waals surface area contributed by atoms with E-state index in [1.165, 1.54) is 74.6 Å². The number of fused-ring (bicyclic) bond motifs is 1. The van der Waals surface area contributed by atoms with Crippen LogP contribution in [0.5, 0.6) is 11.5 Å². The van der Waals surface area contributed by atoms with Crippen molar-refractivity contribution < 1.29 is 14.0 Å². The van der Waals surface area contributed by atoms with Gasteiger partial charge in [0, 0.05) is 18.4 Å². The summed E-state index contributed by atoms with van der Waals surface area (Å²) in [6.07, 6.45) is 14.6. The molecule has 1 aliphatic rings. The average Bonchev–Trinajstić information content (AvgIpc) is 2.67. The van der Waals surface area contributed by atoms with Gasteiger partial charge in [0.1, 0.15) is 13.6 Å². The van der Waals surface area contributed by atoms with Crippen molar-refractivity contribution in [1.29, 1.82) is 0 Å². The van der Waals surface area contributed by atoms with E-state index in [2.05, 4.69) is 30.7 Å². The minimum absolute atomic E-state index is 0.839. The van der Waals surface area contributed by atoms with Crippen LogP contribution in [0.4, 0.5) is 0 Å². The maximum absolute atomic E-state index is 5.53. The topological polar surface area (TPSA) is 21.5 Å².